The van der Waals surface area contributed by atoms with E-state index in [1.165, 1.54) is 0 Å². The minimum Gasteiger partial charge on any atom is -0.378 e. The van der Waals surface area contributed by atoms with Crippen molar-refractivity contribution in [2.75, 3.05) is 38.3 Å². The Bertz CT molecular complexity index is 724. The highest BCUT2D eigenvalue weighted by Gasteiger charge is 2.52. The summed E-state index contributed by atoms with van der Waals surface area (Å²) in [6.45, 7) is 2.63. The lowest BCUT2D eigenvalue weighted by Gasteiger charge is -2.34. The van der Waals surface area contributed by atoms with Gasteiger partial charge in [-0.1, -0.05) is 18.2 Å². The van der Waals surface area contributed by atoms with E-state index in [1.807, 2.05) is 29.2 Å². The molecule has 3 heterocycles. The molecule has 23 heavy (non-hydrogen) atoms. The number of aliphatic imine (C=N–C) groups is 2. The fraction of sp³-hybridized carbons (Fsp3) is 0.400. The Kier molecular flexibility index (Phi) is 3.02. The average molecular weight is 314 g/mol. The van der Waals surface area contributed by atoms with E-state index >= 15 is 0 Å². The number of morpholine rings is 1. The first-order chi connectivity index (χ1) is 11.1. The molecule has 1 aromatic rings. The zero-order valence-electron chi connectivity index (χ0n) is 12.8. The molecule has 1 spiro atoms. The van der Waals surface area contributed by atoms with Crippen LogP contribution in [0.15, 0.2) is 34.3 Å². The maximum absolute atomic E-state index is 12.9. The molecule has 0 unspecified atom stereocenters. The number of nitrogens with two attached hydrogens (primary N) is 1. The number of carbonyl (C=O) groups is 1. The highest BCUT2D eigenvalue weighted by Crippen LogP contribution is 2.43. The summed E-state index contributed by atoms with van der Waals surface area (Å²) in [5.74, 6) is 0.563. The van der Waals surface area contributed by atoms with E-state index in [2.05, 4.69) is 15.3 Å². The molecule has 3 N–H and O–H groups in total. The summed E-state index contributed by atoms with van der Waals surface area (Å²) in [5.41, 5.74) is 6.21. The Balaban J connectivity index is 1.84. The molecule has 0 aliphatic carbocycles. The Morgan fingerprint density at radius 3 is 2.78 bits per heavy atom. The van der Waals surface area contributed by atoms with Gasteiger partial charge in [-0.05, 0) is 6.07 Å². The SMILES string of the molecule is CN1C(=O)[C@]2(N=C(N)NC(N3CCOCC3)=N2)c2ccccc21. The van der Waals surface area contributed by atoms with Crippen LogP contribution in [0.3, 0.4) is 0 Å². The van der Waals surface area contributed by atoms with Crippen molar-refractivity contribution in [1.29, 1.82) is 0 Å². The van der Waals surface area contributed by atoms with Crippen molar-refractivity contribution >= 4 is 23.5 Å². The number of para-hydroxylation sites is 1. The van der Waals surface area contributed by atoms with Crippen LogP contribution in [0.1, 0.15) is 5.56 Å². The van der Waals surface area contributed by atoms with Crippen LogP contribution in [0.5, 0.6) is 0 Å². The third-order valence-corrected chi connectivity index (χ3v) is 4.34. The van der Waals surface area contributed by atoms with Crippen molar-refractivity contribution in [2.45, 2.75) is 5.66 Å². The normalized spacial score (nSPS) is 26.7. The summed E-state index contributed by atoms with van der Waals surface area (Å²) in [6, 6.07) is 7.53. The highest BCUT2D eigenvalue weighted by molar-refractivity contribution is 6.12. The van der Waals surface area contributed by atoms with Crippen LogP contribution in [0.2, 0.25) is 0 Å². The third kappa shape index (κ3) is 1.98. The smallest absolute Gasteiger partial charge is 0.282 e. The van der Waals surface area contributed by atoms with Crippen molar-refractivity contribution in [3.8, 4) is 0 Å². The van der Waals surface area contributed by atoms with E-state index in [0.29, 0.717) is 32.3 Å². The number of hydrogen-bond acceptors (Lipinski definition) is 7. The van der Waals surface area contributed by atoms with Gasteiger partial charge in [-0.25, -0.2) is 9.98 Å². The number of anilines is 1. The van der Waals surface area contributed by atoms with Crippen molar-refractivity contribution in [2.24, 2.45) is 15.7 Å². The first-order valence-corrected chi connectivity index (χ1v) is 7.54. The van der Waals surface area contributed by atoms with Crippen LogP contribution < -0.4 is 16.0 Å². The first-order valence-electron chi connectivity index (χ1n) is 7.54. The van der Waals surface area contributed by atoms with Gasteiger partial charge in [-0.15, -0.1) is 0 Å². The van der Waals surface area contributed by atoms with E-state index < -0.39 is 5.66 Å². The van der Waals surface area contributed by atoms with E-state index in [9.17, 15) is 4.79 Å². The molecule has 3 aliphatic rings. The quantitative estimate of drug-likeness (QED) is 0.668. The summed E-state index contributed by atoms with van der Waals surface area (Å²) < 4.78 is 5.37. The van der Waals surface area contributed by atoms with Crippen LogP contribution >= 0.6 is 0 Å². The maximum atomic E-state index is 12.9. The number of nitrogens with zero attached hydrogens (tertiary/aromatic N) is 4. The Hall–Kier alpha value is -2.61. The molecule has 8 nitrogen and oxygen atoms in total. The predicted octanol–water partition coefficient (Wildman–Crippen LogP) is -0.578. The number of amides is 1. The lowest BCUT2D eigenvalue weighted by Crippen LogP contribution is -2.56. The van der Waals surface area contributed by atoms with Gasteiger partial charge >= 0.3 is 0 Å². The lowest BCUT2D eigenvalue weighted by molar-refractivity contribution is -0.122. The zero-order chi connectivity index (χ0) is 16.0. The monoisotopic (exact) mass is 314 g/mol. The number of nitrogens with one attached hydrogen (secondary N) is 1. The van der Waals surface area contributed by atoms with Gasteiger partial charge in [0, 0.05) is 25.7 Å². The number of ether oxygens (including phenoxy) is 1. The minimum atomic E-state index is -1.33. The molecule has 0 radical (unpaired) electrons. The number of benzene rings is 1. The van der Waals surface area contributed by atoms with Crippen molar-refractivity contribution in [3.05, 3.63) is 29.8 Å². The Morgan fingerprint density at radius 1 is 1.26 bits per heavy atom. The van der Waals surface area contributed by atoms with Crippen LogP contribution in [0, 0.1) is 0 Å². The van der Waals surface area contributed by atoms with Gasteiger partial charge in [-0.3, -0.25) is 10.1 Å². The third-order valence-electron chi connectivity index (χ3n) is 4.34. The second-order valence-corrected chi connectivity index (χ2v) is 5.71. The molecule has 1 atom stereocenters. The van der Waals surface area contributed by atoms with Gasteiger partial charge in [0.05, 0.1) is 18.9 Å². The molecule has 0 aromatic heterocycles. The van der Waals surface area contributed by atoms with E-state index in [1.54, 1.807) is 11.9 Å². The lowest BCUT2D eigenvalue weighted by atomic mass is 10.0. The van der Waals surface area contributed by atoms with Crippen molar-refractivity contribution in [1.82, 2.24) is 10.2 Å². The van der Waals surface area contributed by atoms with Gasteiger partial charge in [-0.2, -0.15) is 0 Å². The second-order valence-electron chi connectivity index (χ2n) is 5.71. The molecule has 120 valence electrons. The number of carbonyl (C=O) groups excluding carboxylic acids is 1. The van der Waals surface area contributed by atoms with Crippen LogP contribution in [-0.4, -0.2) is 56.1 Å². The molecule has 4 rings (SSSR count). The molecule has 1 saturated heterocycles. The number of hydrogen-bond donors (Lipinski definition) is 2. The molecule has 1 amide bonds. The predicted molar refractivity (Wildman–Crippen MR) is 86.1 cm³/mol. The second kappa shape index (κ2) is 4.95. The molecule has 1 aromatic carbocycles. The fourth-order valence-electron chi connectivity index (χ4n) is 3.18. The summed E-state index contributed by atoms with van der Waals surface area (Å²) in [5, 5.41) is 2.98. The maximum Gasteiger partial charge on any atom is 0.282 e. The molecular formula is C15H18N6O2. The first kappa shape index (κ1) is 14.0. The topological polar surface area (TPSA) is 95.5 Å². The minimum absolute atomic E-state index is 0.194. The van der Waals surface area contributed by atoms with Gasteiger partial charge in [0.15, 0.2) is 5.96 Å². The molecule has 1 fully saturated rings. The number of guanidine groups is 2. The van der Waals surface area contributed by atoms with Crippen molar-refractivity contribution in [3.63, 3.8) is 0 Å². The summed E-state index contributed by atoms with van der Waals surface area (Å²) in [6.07, 6.45) is 0. The fourth-order valence-corrected chi connectivity index (χ4v) is 3.18. The number of rotatable bonds is 0. The van der Waals surface area contributed by atoms with Crippen LogP contribution in [0.4, 0.5) is 5.69 Å². The molecule has 3 aliphatic heterocycles. The molecule has 0 bridgehead atoms. The average Bonchev–Trinajstić information content (AvgIpc) is 2.78. The molecule has 0 saturated carbocycles. The molecule has 8 heteroatoms. The Morgan fingerprint density at radius 2 is 2.00 bits per heavy atom. The van der Waals surface area contributed by atoms with Crippen LogP contribution in [0.25, 0.3) is 0 Å². The van der Waals surface area contributed by atoms with E-state index in [0.717, 1.165) is 11.3 Å². The van der Waals surface area contributed by atoms with Gasteiger partial charge < -0.3 is 20.3 Å². The van der Waals surface area contributed by atoms with Gasteiger partial charge in [0.2, 0.25) is 5.96 Å². The van der Waals surface area contributed by atoms with Gasteiger partial charge in [0.1, 0.15) is 0 Å². The highest BCUT2D eigenvalue weighted by atomic mass is 16.5. The largest absolute Gasteiger partial charge is 0.378 e. The molecular weight excluding hydrogens is 296 g/mol. The van der Waals surface area contributed by atoms with Gasteiger partial charge in [0.25, 0.3) is 11.6 Å². The standard InChI is InChI=1S/C15H18N6O2/c1-20-11-5-3-2-4-10(11)15(12(20)22)18-13(16)17-14(19-15)21-6-8-23-9-7-21/h2-5H,6-9H2,1H3,(H3,16,17,18,19)/t15-/m0/s1. The van der Waals surface area contributed by atoms with E-state index in [-0.39, 0.29) is 11.9 Å². The summed E-state index contributed by atoms with van der Waals surface area (Å²) in [7, 11) is 1.73. The number of fused-ring (bicyclic) bond motifs is 2. The zero-order valence-corrected chi connectivity index (χ0v) is 12.8. The summed E-state index contributed by atoms with van der Waals surface area (Å²) in [4.78, 5) is 25.6. The summed E-state index contributed by atoms with van der Waals surface area (Å²) >= 11 is 0. The van der Waals surface area contributed by atoms with Crippen LogP contribution in [-0.2, 0) is 15.2 Å². The number of likely N-dealkylation sites (N-methyl/N-ethyl adjacent to an activating group) is 1. The van der Waals surface area contributed by atoms with Crippen molar-refractivity contribution < 1.29 is 9.53 Å². The Labute approximate surface area is 133 Å². The van der Waals surface area contributed by atoms with E-state index in [4.69, 9.17) is 10.5 Å².